The van der Waals surface area contributed by atoms with Crippen molar-refractivity contribution in [1.29, 1.82) is 0 Å². The Morgan fingerprint density at radius 3 is 2.73 bits per heavy atom. The first kappa shape index (κ1) is 24.7. The molecule has 2 heterocycles. The standard InChI is InChI=1S/C24H29N3O5S/c1-17-14-27(18(2)16-28)33(30,31)24-11-9-20(8-10-21-7-5-6-12-25-21)13-22(24)32-23(17)15-26(4)19(3)29/h5-7,9,11-13,17-18,23,28H,14-16H2,1-4H3/t17-,18+,23-/m0/s1. The number of hydrogen-bond donors (Lipinski definition) is 1. The summed E-state index contributed by atoms with van der Waals surface area (Å²) in [4.78, 5) is 17.6. The Hall–Kier alpha value is -2.93. The quantitative estimate of drug-likeness (QED) is 0.682. The number of aromatic nitrogens is 1. The Bertz CT molecular complexity index is 1160. The van der Waals surface area contributed by atoms with Crippen molar-refractivity contribution in [2.45, 2.75) is 37.8 Å². The van der Waals surface area contributed by atoms with Crippen LogP contribution in [-0.4, -0.2) is 72.5 Å². The van der Waals surface area contributed by atoms with E-state index < -0.39 is 22.2 Å². The Balaban J connectivity index is 2.08. The first-order chi connectivity index (χ1) is 15.6. The Morgan fingerprint density at radius 2 is 2.09 bits per heavy atom. The molecule has 3 atom stereocenters. The van der Waals surface area contributed by atoms with Gasteiger partial charge in [-0.1, -0.05) is 18.9 Å². The fourth-order valence-corrected chi connectivity index (χ4v) is 5.32. The highest BCUT2D eigenvalue weighted by atomic mass is 32.2. The van der Waals surface area contributed by atoms with Crippen molar-refractivity contribution in [2.24, 2.45) is 5.92 Å². The van der Waals surface area contributed by atoms with Gasteiger partial charge in [-0.2, -0.15) is 4.31 Å². The summed E-state index contributed by atoms with van der Waals surface area (Å²) < 4.78 is 34.5. The zero-order valence-corrected chi connectivity index (χ0v) is 20.0. The second kappa shape index (κ2) is 10.3. The minimum atomic E-state index is -3.93. The third-order valence-electron chi connectivity index (χ3n) is 5.66. The number of aliphatic hydroxyl groups is 1. The van der Waals surface area contributed by atoms with Crippen molar-refractivity contribution in [3.05, 3.63) is 53.9 Å². The van der Waals surface area contributed by atoms with Gasteiger partial charge in [0.15, 0.2) is 0 Å². The molecule has 33 heavy (non-hydrogen) atoms. The summed E-state index contributed by atoms with van der Waals surface area (Å²) in [6.45, 7) is 5.14. The second-order valence-corrected chi connectivity index (χ2v) is 10.1. The largest absolute Gasteiger partial charge is 0.487 e. The molecule has 3 rings (SSSR count). The van der Waals surface area contributed by atoms with Crippen LogP contribution in [0.4, 0.5) is 0 Å². The van der Waals surface area contributed by atoms with Crippen molar-refractivity contribution in [2.75, 3.05) is 26.7 Å². The Kier molecular flexibility index (Phi) is 7.74. The molecule has 1 aliphatic heterocycles. The molecule has 9 heteroatoms. The highest BCUT2D eigenvalue weighted by Crippen LogP contribution is 2.34. The van der Waals surface area contributed by atoms with Crippen LogP contribution in [0.1, 0.15) is 32.0 Å². The lowest BCUT2D eigenvalue weighted by molar-refractivity contribution is -0.129. The highest BCUT2D eigenvalue weighted by molar-refractivity contribution is 7.89. The zero-order chi connectivity index (χ0) is 24.2. The van der Waals surface area contributed by atoms with Crippen molar-refractivity contribution in [3.8, 4) is 17.6 Å². The summed E-state index contributed by atoms with van der Waals surface area (Å²) in [6.07, 6.45) is 1.19. The van der Waals surface area contributed by atoms with E-state index >= 15 is 0 Å². The summed E-state index contributed by atoms with van der Waals surface area (Å²) in [6, 6.07) is 9.51. The number of carbonyl (C=O) groups excluding carboxylic acids is 1. The molecule has 0 fully saturated rings. The highest BCUT2D eigenvalue weighted by Gasteiger charge is 2.38. The number of rotatable bonds is 4. The lowest BCUT2D eigenvalue weighted by Crippen LogP contribution is -2.50. The van der Waals surface area contributed by atoms with Crippen LogP contribution >= 0.6 is 0 Å². The van der Waals surface area contributed by atoms with E-state index in [2.05, 4.69) is 16.8 Å². The number of aliphatic hydroxyl groups excluding tert-OH is 1. The van der Waals surface area contributed by atoms with Crippen LogP contribution in [-0.2, 0) is 14.8 Å². The number of pyridine rings is 1. The number of amides is 1. The topological polar surface area (TPSA) is 100 Å². The van der Waals surface area contributed by atoms with Crippen LogP contribution in [0.25, 0.3) is 0 Å². The lowest BCUT2D eigenvalue weighted by atomic mass is 10.0. The predicted octanol–water partition coefficient (Wildman–Crippen LogP) is 1.73. The summed E-state index contributed by atoms with van der Waals surface area (Å²) in [5, 5.41) is 9.71. The number of sulfonamides is 1. The van der Waals surface area contributed by atoms with E-state index in [0.717, 1.165) is 0 Å². The van der Waals surface area contributed by atoms with Crippen LogP contribution < -0.4 is 4.74 Å². The number of ether oxygens (including phenoxy) is 1. The van der Waals surface area contributed by atoms with Crippen LogP contribution in [0.5, 0.6) is 5.75 Å². The smallest absolute Gasteiger partial charge is 0.247 e. The average molecular weight is 472 g/mol. The molecule has 1 aromatic carbocycles. The van der Waals surface area contributed by atoms with Crippen molar-refractivity contribution >= 4 is 15.9 Å². The maximum absolute atomic E-state index is 13.5. The maximum atomic E-state index is 13.5. The van der Waals surface area contributed by atoms with Gasteiger partial charge in [-0.3, -0.25) is 4.79 Å². The normalized spacial score (nSPS) is 20.8. The maximum Gasteiger partial charge on any atom is 0.247 e. The van der Waals surface area contributed by atoms with Crippen LogP contribution in [0.3, 0.4) is 0 Å². The molecule has 2 aromatic rings. The van der Waals surface area contributed by atoms with Gasteiger partial charge in [0.1, 0.15) is 22.4 Å². The molecule has 0 bridgehead atoms. The van der Waals surface area contributed by atoms with E-state index in [1.807, 2.05) is 13.0 Å². The molecule has 1 amide bonds. The van der Waals surface area contributed by atoms with Gasteiger partial charge in [0, 0.05) is 44.2 Å². The van der Waals surface area contributed by atoms with Gasteiger partial charge in [-0.05, 0) is 43.2 Å². The van der Waals surface area contributed by atoms with Crippen molar-refractivity contribution < 1.29 is 23.1 Å². The van der Waals surface area contributed by atoms with E-state index in [-0.39, 0.29) is 35.6 Å². The fraction of sp³-hybridized carbons (Fsp3) is 0.417. The van der Waals surface area contributed by atoms with Gasteiger partial charge < -0.3 is 14.7 Å². The van der Waals surface area contributed by atoms with Gasteiger partial charge in [-0.25, -0.2) is 13.4 Å². The molecule has 1 aromatic heterocycles. The first-order valence-electron chi connectivity index (χ1n) is 10.7. The number of likely N-dealkylation sites (N-methyl/N-ethyl adjacent to an activating group) is 1. The third kappa shape index (κ3) is 5.71. The molecule has 0 saturated carbocycles. The van der Waals surface area contributed by atoms with E-state index in [1.165, 1.54) is 17.3 Å². The predicted molar refractivity (Wildman–Crippen MR) is 124 cm³/mol. The SMILES string of the molecule is CC(=O)N(C)C[C@@H]1Oc2cc(C#Cc3ccccn3)ccc2S(=O)(=O)N([C@H](C)CO)C[C@@H]1C. The fourth-order valence-electron chi connectivity index (χ4n) is 3.49. The number of carbonyl (C=O) groups is 1. The zero-order valence-electron chi connectivity index (χ0n) is 19.2. The van der Waals surface area contributed by atoms with Crippen LogP contribution in [0.15, 0.2) is 47.5 Å². The summed E-state index contributed by atoms with van der Waals surface area (Å²) in [7, 11) is -2.25. The molecule has 1 N–H and O–H groups in total. The molecular formula is C24H29N3O5S. The molecule has 176 valence electrons. The summed E-state index contributed by atoms with van der Waals surface area (Å²) >= 11 is 0. The minimum Gasteiger partial charge on any atom is -0.487 e. The number of benzene rings is 1. The van der Waals surface area contributed by atoms with Gasteiger partial charge >= 0.3 is 0 Å². The molecule has 0 saturated heterocycles. The first-order valence-corrected chi connectivity index (χ1v) is 12.2. The molecule has 0 spiro atoms. The van der Waals surface area contributed by atoms with Gasteiger partial charge in [0.25, 0.3) is 0 Å². The van der Waals surface area contributed by atoms with Crippen LogP contribution in [0.2, 0.25) is 0 Å². The van der Waals surface area contributed by atoms with E-state index in [0.29, 0.717) is 17.8 Å². The molecule has 0 aliphatic carbocycles. The minimum absolute atomic E-state index is 0.00793. The van der Waals surface area contributed by atoms with Gasteiger partial charge in [-0.15, -0.1) is 0 Å². The summed E-state index contributed by atoms with van der Waals surface area (Å²) in [5.41, 5.74) is 1.17. The monoisotopic (exact) mass is 471 g/mol. The van der Waals surface area contributed by atoms with Crippen LogP contribution in [0, 0.1) is 17.8 Å². The van der Waals surface area contributed by atoms with Crippen molar-refractivity contribution in [3.63, 3.8) is 0 Å². The number of fused-ring (bicyclic) bond motifs is 1. The van der Waals surface area contributed by atoms with E-state index in [9.17, 15) is 18.3 Å². The average Bonchev–Trinajstić information content (AvgIpc) is 2.79. The molecule has 1 aliphatic rings. The van der Waals surface area contributed by atoms with Gasteiger partial charge in [0.2, 0.25) is 15.9 Å². The lowest BCUT2D eigenvalue weighted by Gasteiger charge is -2.37. The van der Waals surface area contributed by atoms with E-state index in [1.54, 1.807) is 49.3 Å². The second-order valence-electron chi connectivity index (χ2n) is 8.27. The molecule has 0 radical (unpaired) electrons. The number of nitrogens with zero attached hydrogens (tertiary/aromatic N) is 3. The van der Waals surface area contributed by atoms with Crippen molar-refractivity contribution in [1.82, 2.24) is 14.2 Å². The Morgan fingerprint density at radius 1 is 1.33 bits per heavy atom. The number of hydrogen-bond acceptors (Lipinski definition) is 6. The van der Waals surface area contributed by atoms with Gasteiger partial charge in [0.05, 0.1) is 13.2 Å². The Labute approximate surface area is 195 Å². The summed E-state index contributed by atoms with van der Waals surface area (Å²) in [5.74, 6) is 5.77. The molecule has 8 nitrogen and oxygen atoms in total. The molecule has 0 unspecified atom stereocenters. The van der Waals surface area contributed by atoms with E-state index in [4.69, 9.17) is 4.74 Å². The molecular weight excluding hydrogens is 442 g/mol. The third-order valence-corrected chi connectivity index (χ3v) is 7.68.